The standard InChI is InChI=1S/C28H19N5O8S/c29-17-6-4-14-12-24(42(39,40)41)25(26(34)20(14)13-17)33-32-23-9-8-22(19-7-5-16(28(37)38)11-21(19)23)31-30-18-3-1-2-15(10-18)27(35)36/h1-13,34H,29H2,(H,35,36)(H,37,38)(H,39,40,41). The summed E-state index contributed by atoms with van der Waals surface area (Å²) < 4.78 is 34.1. The number of aromatic hydroxyl groups is 1. The van der Waals surface area contributed by atoms with Gasteiger partial charge in [-0.15, -0.1) is 15.3 Å². The van der Waals surface area contributed by atoms with Gasteiger partial charge in [0.25, 0.3) is 10.1 Å². The van der Waals surface area contributed by atoms with Gasteiger partial charge < -0.3 is 21.1 Å². The van der Waals surface area contributed by atoms with Crippen molar-refractivity contribution in [3.8, 4) is 5.75 Å². The molecule has 0 radical (unpaired) electrons. The lowest BCUT2D eigenvalue weighted by atomic mass is 10.0. The molecule has 0 amide bonds. The minimum Gasteiger partial charge on any atom is -0.505 e. The molecule has 0 aliphatic heterocycles. The Morgan fingerprint density at radius 1 is 0.690 bits per heavy atom. The van der Waals surface area contributed by atoms with E-state index in [4.69, 9.17) is 5.73 Å². The maximum atomic E-state index is 12.1. The van der Waals surface area contributed by atoms with E-state index in [0.717, 1.165) is 6.07 Å². The van der Waals surface area contributed by atoms with E-state index in [1.165, 1.54) is 66.7 Å². The van der Waals surface area contributed by atoms with Crippen LogP contribution in [0.15, 0.2) is 104 Å². The summed E-state index contributed by atoms with van der Waals surface area (Å²) >= 11 is 0. The predicted molar refractivity (Wildman–Crippen MR) is 153 cm³/mol. The number of carboxylic acid groups (broad SMARTS) is 2. The van der Waals surface area contributed by atoms with E-state index < -0.39 is 38.4 Å². The number of aromatic carboxylic acids is 2. The van der Waals surface area contributed by atoms with Crippen molar-refractivity contribution in [2.75, 3.05) is 5.73 Å². The number of phenolic OH excluding ortho intramolecular Hbond substituents is 1. The van der Waals surface area contributed by atoms with Gasteiger partial charge in [-0.1, -0.05) is 18.2 Å². The average molecular weight is 586 g/mol. The quantitative estimate of drug-likeness (QED) is 0.0771. The third-order valence-corrected chi connectivity index (χ3v) is 7.06. The second-order valence-electron chi connectivity index (χ2n) is 8.95. The Labute approximate surface area is 236 Å². The molecule has 0 unspecified atom stereocenters. The van der Waals surface area contributed by atoms with Gasteiger partial charge in [0.15, 0.2) is 5.75 Å². The van der Waals surface area contributed by atoms with Crippen molar-refractivity contribution < 1.29 is 37.9 Å². The van der Waals surface area contributed by atoms with Gasteiger partial charge in [-0.3, -0.25) is 4.55 Å². The molecule has 0 fully saturated rings. The smallest absolute Gasteiger partial charge is 0.335 e. The van der Waals surface area contributed by atoms with Gasteiger partial charge in [-0.2, -0.15) is 13.5 Å². The summed E-state index contributed by atoms with van der Waals surface area (Å²) in [5.74, 6) is -2.96. The van der Waals surface area contributed by atoms with Crippen LogP contribution in [0.3, 0.4) is 0 Å². The number of phenols is 1. The number of anilines is 1. The van der Waals surface area contributed by atoms with E-state index in [1.54, 1.807) is 6.07 Å². The van der Waals surface area contributed by atoms with Crippen molar-refractivity contribution in [3.63, 3.8) is 0 Å². The normalized spacial score (nSPS) is 12.0. The van der Waals surface area contributed by atoms with Crippen LogP contribution in [0, 0.1) is 0 Å². The lowest BCUT2D eigenvalue weighted by molar-refractivity contribution is 0.0686. The number of carboxylic acids is 2. The maximum Gasteiger partial charge on any atom is 0.335 e. The van der Waals surface area contributed by atoms with Crippen LogP contribution in [-0.4, -0.2) is 40.2 Å². The lowest BCUT2D eigenvalue weighted by Crippen LogP contribution is -1.99. The van der Waals surface area contributed by atoms with E-state index >= 15 is 0 Å². The molecule has 210 valence electrons. The largest absolute Gasteiger partial charge is 0.505 e. The highest BCUT2D eigenvalue weighted by Gasteiger charge is 2.22. The van der Waals surface area contributed by atoms with E-state index in [0.29, 0.717) is 5.39 Å². The Bertz CT molecular complexity index is 2110. The molecule has 0 aromatic heterocycles. The van der Waals surface area contributed by atoms with Crippen molar-refractivity contribution >= 4 is 72.0 Å². The van der Waals surface area contributed by atoms with E-state index in [2.05, 4.69) is 20.5 Å². The number of hydrogen-bond donors (Lipinski definition) is 5. The fourth-order valence-electron chi connectivity index (χ4n) is 4.19. The summed E-state index contributed by atoms with van der Waals surface area (Å²) in [6.45, 7) is 0. The highest BCUT2D eigenvalue weighted by atomic mass is 32.2. The first kappa shape index (κ1) is 27.8. The molecule has 5 rings (SSSR count). The molecule has 0 aliphatic carbocycles. The van der Waals surface area contributed by atoms with Gasteiger partial charge in [0.1, 0.15) is 10.6 Å². The first-order valence-corrected chi connectivity index (χ1v) is 13.4. The fourth-order valence-corrected chi connectivity index (χ4v) is 4.85. The Kier molecular flexibility index (Phi) is 7.08. The van der Waals surface area contributed by atoms with Crippen LogP contribution in [-0.2, 0) is 10.1 Å². The van der Waals surface area contributed by atoms with Crippen molar-refractivity contribution in [1.82, 2.24) is 0 Å². The zero-order valence-corrected chi connectivity index (χ0v) is 22.0. The molecule has 14 heteroatoms. The topological polar surface area (TPSA) is 225 Å². The van der Waals surface area contributed by atoms with Crippen LogP contribution < -0.4 is 5.73 Å². The van der Waals surface area contributed by atoms with Gasteiger partial charge in [0.05, 0.1) is 28.2 Å². The molecule has 0 spiro atoms. The lowest BCUT2D eigenvalue weighted by Gasteiger charge is -2.10. The minimum absolute atomic E-state index is 0.0158. The summed E-state index contributed by atoms with van der Waals surface area (Å²) in [5, 5.41) is 47.0. The third kappa shape index (κ3) is 5.47. The zero-order valence-electron chi connectivity index (χ0n) is 21.2. The Morgan fingerprint density at radius 3 is 2.05 bits per heavy atom. The molecule has 0 bridgehead atoms. The molecule has 6 N–H and O–H groups in total. The summed E-state index contributed by atoms with van der Waals surface area (Å²) in [6.07, 6.45) is 0. The van der Waals surface area contributed by atoms with Crippen LogP contribution >= 0.6 is 0 Å². The second kappa shape index (κ2) is 10.7. The SMILES string of the molecule is Nc1ccc2cc(S(=O)(=O)O)c(N=Nc3ccc(N=Nc4cccc(C(=O)O)c4)c4ccc(C(=O)O)cc34)c(O)c2c1. The van der Waals surface area contributed by atoms with Crippen LogP contribution in [0.25, 0.3) is 21.5 Å². The highest BCUT2D eigenvalue weighted by Crippen LogP contribution is 2.43. The molecular formula is C28H19N5O8S. The van der Waals surface area contributed by atoms with E-state index in [-0.39, 0.29) is 50.0 Å². The molecule has 0 saturated carbocycles. The van der Waals surface area contributed by atoms with E-state index in [1.807, 2.05) is 0 Å². The summed E-state index contributed by atoms with van der Waals surface area (Å²) in [6, 6.07) is 18.3. The van der Waals surface area contributed by atoms with Crippen LogP contribution in [0.4, 0.5) is 28.4 Å². The molecule has 0 aliphatic rings. The number of nitrogens with two attached hydrogens (primary N) is 1. The number of nitrogens with zero attached hydrogens (tertiary/aromatic N) is 4. The predicted octanol–water partition coefficient (Wildman–Crippen LogP) is 6.75. The number of rotatable bonds is 7. The molecule has 42 heavy (non-hydrogen) atoms. The van der Waals surface area contributed by atoms with Crippen LogP contribution in [0.5, 0.6) is 5.75 Å². The maximum absolute atomic E-state index is 12.1. The zero-order chi connectivity index (χ0) is 30.2. The van der Waals surface area contributed by atoms with Gasteiger partial charge in [0, 0.05) is 21.8 Å². The number of fused-ring (bicyclic) bond motifs is 2. The van der Waals surface area contributed by atoms with Crippen molar-refractivity contribution in [3.05, 3.63) is 90.0 Å². The first-order chi connectivity index (χ1) is 19.9. The van der Waals surface area contributed by atoms with Gasteiger partial charge in [-0.25, -0.2) is 9.59 Å². The van der Waals surface area contributed by atoms with Crippen molar-refractivity contribution in [2.24, 2.45) is 20.5 Å². The molecule has 5 aromatic carbocycles. The Morgan fingerprint density at radius 2 is 1.36 bits per heavy atom. The average Bonchev–Trinajstić information content (AvgIpc) is 2.95. The number of carbonyl (C=O) groups is 2. The Balaban J connectivity index is 1.66. The monoisotopic (exact) mass is 585 g/mol. The number of benzene rings is 5. The Hall–Kier alpha value is -5.73. The highest BCUT2D eigenvalue weighted by molar-refractivity contribution is 7.86. The fraction of sp³-hybridized carbons (Fsp3) is 0. The molecule has 0 saturated heterocycles. The van der Waals surface area contributed by atoms with Crippen LogP contribution in [0.1, 0.15) is 20.7 Å². The molecule has 13 nitrogen and oxygen atoms in total. The third-order valence-electron chi connectivity index (χ3n) is 6.20. The number of nitrogen functional groups attached to an aromatic ring is 1. The van der Waals surface area contributed by atoms with Gasteiger partial charge >= 0.3 is 11.9 Å². The van der Waals surface area contributed by atoms with Gasteiger partial charge in [-0.05, 0) is 66.0 Å². The van der Waals surface area contributed by atoms with Crippen molar-refractivity contribution in [2.45, 2.75) is 4.90 Å². The minimum atomic E-state index is -4.86. The van der Waals surface area contributed by atoms with Crippen molar-refractivity contribution in [1.29, 1.82) is 0 Å². The second-order valence-corrected chi connectivity index (χ2v) is 10.3. The molecule has 0 atom stereocenters. The number of hydrogen-bond acceptors (Lipinski definition) is 10. The summed E-state index contributed by atoms with van der Waals surface area (Å²) in [5.41, 5.74) is 6.08. The van der Waals surface area contributed by atoms with Crippen LogP contribution in [0.2, 0.25) is 0 Å². The van der Waals surface area contributed by atoms with Gasteiger partial charge in [0.2, 0.25) is 0 Å². The summed E-state index contributed by atoms with van der Waals surface area (Å²) in [7, 11) is -4.86. The molecule has 5 aromatic rings. The van der Waals surface area contributed by atoms with E-state index in [9.17, 15) is 37.9 Å². The number of azo groups is 2. The summed E-state index contributed by atoms with van der Waals surface area (Å²) in [4.78, 5) is 22.2. The molecule has 0 heterocycles. The molecular weight excluding hydrogens is 566 g/mol. The first-order valence-electron chi connectivity index (χ1n) is 11.9.